The Bertz CT molecular complexity index is 231. The quantitative estimate of drug-likeness (QED) is 0.678. The van der Waals surface area contributed by atoms with Crippen molar-refractivity contribution in [1.29, 1.82) is 0 Å². The summed E-state index contributed by atoms with van der Waals surface area (Å²) < 4.78 is 1.95. The first kappa shape index (κ1) is 9.22. The van der Waals surface area contributed by atoms with Crippen LogP contribution >= 0.6 is 0 Å². The fourth-order valence-electron chi connectivity index (χ4n) is 1.12. The Kier molecular flexibility index (Phi) is 3.25. The van der Waals surface area contributed by atoms with Crippen LogP contribution < -0.4 is 5.73 Å². The van der Waals surface area contributed by atoms with Crippen LogP contribution in [0, 0.1) is 0 Å². The van der Waals surface area contributed by atoms with Gasteiger partial charge in [0.05, 0.1) is 12.0 Å². The molecule has 0 saturated heterocycles. The maximum Gasteiger partial charge on any atom is 0.0947 e. The van der Waals surface area contributed by atoms with E-state index in [-0.39, 0.29) is 0 Å². The highest BCUT2D eigenvalue weighted by molar-refractivity contribution is 4.95. The maximum atomic E-state index is 5.42. The molecule has 1 aromatic heterocycles. The molecule has 1 heterocycles. The number of aryl methyl sites for hydroxylation is 1. The first-order valence-corrected chi connectivity index (χ1v) is 4.08. The van der Waals surface area contributed by atoms with Crippen molar-refractivity contribution in [3.8, 4) is 0 Å². The van der Waals surface area contributed by atoms with E-state index in [0.717, 1.165) is 18.8 Å². The molecule has 0 aliphatic rings. The largest absolute Gasteiger partial charge is 0.340 e. The summed E-state index contributed by atoms with van der Waals surface area (Å²) in [6.07, 6.45) is 3.83. The minimum absolute atomic E-state index is 0.698. The maximum absolute atomic E-state index is 5.42. The fraction of sp³-hybridized carbons (Fsp3) is 0.625. The van der Waals surface area contributed by atoms with Gasteiger partial charge in [0.25, 0.3) is 0 Å². The molecule has 1 aromatic rings. The molecule has 0 aliphatic heterocycles. The Hall–Kier alpha value is -0.870. The molecule has 0 unspecified atom stereocenters. The van der Waals surface area contributed by atoms with E-state index in [1.54, 1.807) is 0 Å². The van der Waals surface area contributed by atoms with E-state index < -0.39 is 0 Å². The fourth-order valence-corrected chi connectivity index (χ4v) is 1.12. The Morgan fingerprint density at radius 2 is 2.42 bits per heavy atom. The summed E-state index contributed by atoms with van der Waals surface area (Å²) in [6, 6.07) is 0. The van der Waals surface area contributed by atoms with E-state index >= 15 is 0 Å². The lowest BCUT2D eigenvalue weighted by atomic mass is 10.4. The van der Waals surface area contributed by atoms with Gasteiger partial charge < -0.3 is 10.3 Å². The van der Waals surface area contributed by atoms with Gasteiger partial charge in [-0.1, -0.05) is 0 Å². The van der Waals surface area contributed by atoms with Crippen LogP contribution in [0.15, 0.2) is 12.5 Å². The predicted octanol–water partition coefficient (Wildman–Crippen LogP) is -0.189. The van der Waals surface area contributed by atoms with Crippen LogP contribution in [0.25, 0.3) is 0 Å². The number of imidazole rings is 1. The first-order valence-electron chi connectivity index (χ1n) is 4.08. The minimum Gasteiger partial charge on any atom is -0.340 e. The smallest absolute Gasteiger partial charge is 0.0947 e. The number of hydrogen-bond donors (Lipinski definition) is 1. The highest BCUT2D eigenvalue weighted by Crippen LogP contribution is 1.97. The second-order valence-electron chi connectivity index (χ2n) is 3.06. The summed E-state index contributed by atoms with van der Waals surface area (Å²) >= 11 is 0. The van der Waals surface area contributed by atoms with Gasteiger partial charge in [-0.3, -0.25) is 4.90 Å². The van der Waals surface area contributed by atoms with Crippen LogP contribution in [0.5, 0.6) is 0 Å². The van der Waals surface area contributed by atoms with Crippen LogP contribution in [0.2, 0.25) is 0 Å². The molecule has 0 saturated carbocycles. The third-order valence-electron chi connectivity index (χ3n) is 1.70. The molecule has 0 fully saturated rings. The van der Waals surface area contributed by atoms with Gasteiger partial charge >= 0.3 is 0 Å². The van der Waals surface area contributed by atoms with Crippen molar-refractivity contribution in [2.45, 2.75) is 6.54 Å². The van der Waals surface area contributed by atoms with E-state index in [1.165, 1.54) is 0 Å². The van der Waals surface area contributed by atoms with Crippen LogP contribution in [0.3, 0.4) is 0 Å². The molecule has 0 spiro atoms. The predicted molar refractivity (Wildman–Crippen MR) is 48.6 cm³/mol. The molecule has 0 aromatic carbocycles. The van der Waals surface area contributed by atoms with Crippen molar-refractivity contribution < 1.29 is 0 Å². The minimum atomic E-state index is 0.698. The number of aromatic nitrogens is 2. The summed E-state index contributed by atoms with van der Waals surface area (Å²) in [7, 11) is 4.01. The Labute approximate surface area is 73.0 Å². The lowest BCUT2D eigenvalue weighted by Gasteiger charge is -2.12. The normalized spacial score (nSPS) is 11.0. The lowest BCUT2D eigenvalue weighted by molar-refractivity contribution is 0.332. The molecule has 12 heavy (non-hydrogen) atoms. The second kappa shape index (κ2) is 4.23. The van der Waals surface area contributed by atoms with Gasteiger partial charge in [-0.25, -0.2) is 4.98 Å². The number of hydrogen-bond acceptors (Lipinski definition) is 3. The molecular weight excluding hydrogens is 152 g/mol. The molecule has 68 valence electrons. The zero-order valence-corrected chi connectivity index (χ0v) is 7.70. The molecule has 0 amide bonds. The van der Waals surface area contributed by atoms with Gasteiger partial charge in [0.1, 0.15) is 0 Å². The molecule has 1 rings (SSSR count). The average Bonchev–Trinajstić information content (AvgIpc) is 2.36. The molecule has 4 heteroatoms. The summed E-state index contributed by atoms with van der Waals surface area (Å²) in [4.78, 5) is 6.37. The van der Waals surface area contributed by atoms with Crippen molar-refractivity contribution in [2.75, 3.05) is 20.1 Å². The number of nitrogens with two attached hydrogens (primary N) is 1. The third-order valence-corrected chi connectivity index (χ3v) is 1.70. The van der Waals surface area contributed by atoms with Gasteiger partial charge in [-0.15, -0.1) is 0 Å². The van der Waals surface area contributed by atoms with Gasteiger partial charge in [-0.05, 0) is 7.05 Å². The molecule has 2 N–H and O–H groups in total. The average molecular weight is 168 g/mol. The van der Waals surface area contributed by atoms with Crippen molar-refractivity contribution in [3.63, 3.8) is 0 Å². The van der Waals surface area contributed by atoms with Crippen LogP contribution in [0.4, 0.5) is 0 Å². The van der Waals surface area contributed by atoms with Crippen molar-refractivity contribution >= 4 is 0 Å². The standard InChI is InChI=1S/C8H16N4/c1-11(4-3-9)5-8-6-12(2)7-10-8/h6-7H,3-5,9H2,1-2H3. The van der Waals surface area contributed by atoms with Gasteiger partial charge in [0, 0.05) is 32.9 Å². The van der Waals surface area contributed by atoms with E-state index in [1.807, 2.05) is 31.2 Å². The van der Waals surface area contributed by atoms with E-state index in [9.17, 15) is 0 Å². The monoisotopic (exact) mass is 168 g/mol. The first-order chi connectivity index (χ1) is 5.72. The van der Waals surface area contributed by atoms with Gasteiger partial charge in [0.2, 0.25) is 0 Å². The number of nitrogens with zero attached hydrogens (tertiary/aromatic N) is 3. The molecule has 0 atom stereocenters. The lowest BCUT2D eigenvalue weighted by Crippen LogP contribution is -2.25. The van der Waals surface area contributed by atoms with Crippen LogP contribution in [0.1, 0.15) is 5.69 Å². The Morgan fingerprint density at radius 1 is 1.67 bits per heavy atom. The number of likely N-dealkylation sites (N-methyl/N-ethyl adjacent to an activating group) is 1. The van der Waals surface area contributed by atoms with Crippen LogP contribution in [-0.4, -0.2) is 34.6 Å². The van der Waals surface area contributed by atoms with Gasteiger partial charge in [-0.2, -0.15) is 0 Å². The highest BCUT2D eigenvalue weighted by atomic mass is 15.1. The van der Waals surface area contributed by atoms with E-state index in [4.69, 9.17) is 5.73 Å². The zero-order valence-electron chi connectivity index (χ0n) is 7.70. The van der Waals surface area contributed by atoms with Gasteiger partial charge in [0.15, 0.2) is 0 Å². The zero-order chi connectivity index (χ0) is 8.97. The Morgan fingerprint density at radius 3 is 2.92 bits per heavy atom. The highest BCUT2D eigenvalue weighted by Gasteiger charge is 2.00. The molecule has 0 radical (unpaired) electrons. The summed E-state index contributed by atoms with van der Waals surface area (Å²) in [5, 5.41) is 0. The SMILES string of the molecule is CN(CCN)Cc1cn(C)cn1. The molecule has 0 aliphatic carbocycles. The molecular formula is C8H16N4. The third kappa shape index (κ3) is 2.64. The van der Waals surface area contributed by atoms with Crippen LogP contribution in [-0.2, 0) is 13.6 Å². The van der Waals surface area contributed by atoms with Crippen molar-refractivity contribution in [1.82, 2.24) is 14.5 Å². The molecule has 0 bridgehead atoms. The number of rotatable bonds is 4. The molecule has 4 nitrogen and oxygen atoms in total. The summed E-state index contributed by atoms with van der Waals surface area (Å²) in [5.74, 6) is 0. The van der Waals surface area contributed by atoms with Crippen molar-refractivity contribution in [3.05, 3.63) is 18.2 Å². The topological polar surface area (TPSA) is 47.1 Å². The van der Waals surface area contributed by atoms with E-state index in [0.29, 0.717) is 6.54 Å². The second-order valence-corrected chi connectivity index (χ2v) is 3.06. The van der Waals surface area contributed by atoms with Crippen molar-refractivity contribution in [2.24, 2.45) is 12.8 Å². The van der Waals surface area contributed by atoms with E-state index in [2.05, 4.69) is 9.88 Å². The summed E-state index contributed by atoms with van der Waals surface area (Å²) in [5.41, 5.74) is 6.51. The Balaban J connectivity index is 2.41. The summed E-state index contributed by atoms with van der Waals surface area (Å²) in [6.45, 7) is 2.48.